The highest BCUT2D eigenvalue weighted by Crippen LogP contribution is 2.26. The molecule has 0 spiro atoms. The van der Waals surface area contributed by atoms with Crippen LogP contribution in [0.1, 0.15) is 12.8 Å². The summed E-state index contributed by atoms with van der Waals surface area (Å²) < 4.78 is 10.0. The summed E-state index contributed by atoms with van der Waals surface area (Å²) in [6.45, 7) is 0. The van der Waals surface area contributed by atoms with E-state index >= 15 is 0 Å². The van der Waals surface area contributed by atoms with E-state index < -0.39 is 5.97 Å². The third kappa shape index (κ3) is 3.31. The molecule has 0 amide bonds. The minimum Gasteiger partial charge on any atom is -0.493 e. The zero-order valence-electron chi connectivity index (χ0n) is 8.40. The number of carbonyl (C=O) groups is 1. The highest BCUT2D eigenvalue weighted by atomic mass is 16.6. The fourth-order valence-corrected chi connectivity index (χ4v) is 1.03. The van der Waals surface area contributed by atoms with Crippen LogP contribution in [0.15, 0.2) is 24.3 Å². The number of carbonyl (C=O) groups excluding carboxylic acids is 1. The fourth-order valence-electron chi connectivity index (χ4n) is 1.03. The number of hydrogen-bond acceptors (Lipinski definition) is 4. The predicted molar refractivity (Wildman–Crippen MR) is 53.5 cm³/mol. The smallest absolute Gasteiger partial charge is 0.312 e. The van der Waals surface area contributed by atoms with Crippen molar-refractivity contribution in [3.63, 3.8) is 0 Å². The lowest BCUT2D eigenvalue weighted by Gasteiger charge is -2.07. The number of rotatable bonds is 4. The van der Waals surface area contributed by atoms with E-state index in [1.54, 1.807) is 24.3 Å². The molecule has 78 valence electrons. The molecule has 0 aliphatic heterocycles. The van der Waals surface area contributed by atoms with E-state index in [1.807, 2.05) is 6.07 Å². The van der Waals surface area contributed by atoms with E-state index in [0.29, 0.717) is 11.5 Å². The summed E-state index contributed by atoms with van der Waals surface area (Å²) in [7, 11) is 1.50. The quantitative estimate of drug-likeness (QED) is 0.556. The minimum absolute atomic E-state index is 0.0918. The van der Waals surface area contributed by atoms with E-state index in [4.69, 9.17) is 14.7 Å². The van der Waals surface area contributed by atoms with Crippen LogP contribution in [0, 0.1) is 11.3 Å². The Morgan fingerprint density at radius 1 is 1.40 bits per heavy atom. The average molecular weight is 205 g/mol. The van der Waals surface area contributed by atoms with Gasteiger partial charge in [0.2, 0.25) is 0 Å². The summed E-state index contributed by atoms with van der Waals surface area (Å²) in [5.74, 6) is 0.451. The maximum atomic E-state index is 11.2. The lowest BCUT2D eigenvalue weighted by molar-refractivity contribution is -0.134. The SMILES string of the molecule is COc1ccccc1OC(=O)CCC#N. The monoisotopic (exact) mass is 205 g/mol. The predicted octanol–water partition coefficient (Wildman–Crippen LogP) is 1.90. The van der Waals surface area contributed by atoms with E-state index in [1.165, 1.54) is 7.11 Å². The average Bonchev–Trinajstić information content (AvgIpc) is 2.27. The normalized spacial score (nSPS) is 9.07. The van der Waals surface area contributed by atoms with E-state index in [2.05, 4.69) is 0 Å². The van der Waals surface area contributed by atoms with E-state index in [-0.39, 0.29) is 12.8 Å². The Morgan fingerprint density at radius 2 is 2.07 bits per heavy atom. The van der Waals surface area contributed by atoms with Gasteiger partial charge in [-0.3, -0.25) is 4.79 Å². The lowest BCUT2D eigenvalue weighted by atomic mass is 10.3. The summed E-state index contributed by atoms with van der Waals surface area (Å²) in [6.07, 6.45) is 0.253. The fraction of sp³-hybridized carbons (Fsp3) is 0.273. The Bertz CT molecular complexity index is 382. The largest absolute Gasteiger partial charge is 0.493 e. The van der Waals surface area contributed by atoms with Gasteiger partial charge in [-0.2, -0.15) is 5.26 Å². The number of esters is 1. The molecule has 0 fully saturated rings. The second kappa shape index (κ2) is 5.66. The van der Waals surface area contributed by atoms with Crippen LogP contribution in [0.4, 0.5) is 0 Å². The Balaban J connectivity index is 2.64. The molecular formula is C11H11NO3. The summed E-state index contributed by atoms with van der Waals surface area (Å²) in [6, 6.07) is 8.75. The molecular weight excluding hydrogens is 194 g/mol. The van der Waals surface area contributed by atoms with Crippen molar-refractivity contribution >= 4 is 5.97 Å². The van der Waals surface area contributed by atoms with E-state index in [0.717, 1.165) is 0 Å². The van der Waals surface area contributed by atoms with Crippen molar-refractivity contribution in [3.05, 3.63) is 24.3 Å². The molecule has 0 unspecified atom stereocenters. The van der Waals surface area contributed by atoms with Crippen molar-refractivity contribution in [3.8, 4) is 17.6 Å². The number of nitriles is 1. The highest BCUT2D eigenvalue weighted by molar-refractivity contribution is 5.73. The zero-order chi connectivity index (χ0) is 11.1. The summed E-state index contributed by atoms with van der Waals surface area (Å²) in [5.41, 5.74) is 0. The Morgan fingerprint density at radius 3 is 2.67 bits per heavy atom. The number of methoxy groups -OCH3 is 1. The van der Waals surface area contributed by atoms with Crippen molar-refractivity contribution in [1.29, 1.82) is 5.26 Å². The number of nitrogens with zero attached hydrogens (tertiary/aromatic N) is 1. The van der Waals surface area contributed by atoms with Crippen LogP contribution in [-0.2, 0) is 4.79 Å². The highest BCUT2D eigenvalue weighted by Gasteiger charge is 2.08. The molecule has 1 aromatic carbocycles. The number of benzene rings is 1. The molecule has 4 heteroatoms. The van der Waals surface area contributed by atoms with Gasteiger partial charge in [-0.1, -0.05) is 12.1 Å². The third-order valence-electron chi connectivity index (χ3n) is 1.73. The van der Waals surface area contributed by atoms with Crippen LogP contribution in [0.5, 0.6) is 11.5 Å². The first-order chi connectivity index (χ1) is 7.27. The molecule has 1 aromatic rings. The molecule has 0 heterocycles. The van der Waals surface area contributed by atoms with Crippen LogP contribution in [0.25, 0.3) is 0 Å². The maximum absolute atomic E-state index is 11.2. The van der Waals surface area contributed by atoms with Crippen LogP contribution in [0.2, 0.25) is 0 Å². The van der Waals surface area contributed by atoms with Crippen LogP contribution >= 0.6 is 0 Å². The Labute approximate surface area is 88.0 Å². The standard InChI is InChI=1S/C11H11NO3/c1-14-9-5-2-3-6-10(9)15-11(13)7-4-8-12/h2-3,5-6H,4,7H2,1H3. The van der Waals surface area contributed by atoms with Gasteiger partial charge in [0.15, 0.2) is 11.5 Å². The van der Waals surface area contributed by atoms with Crippen molar-refractivity contribution < 1.29 is 14.3 Å². The molecule has 0 aliphatic rings. The van der Waals surface area contributed by atoms with Crippen molar-refractivity contribution in [1.82, 2.24) is 0 Å². The van der Waals surface area contributed by atoms with Crippen molar-refractivity contribution in [2.45, 2.75) is 12.8 Å². The van der Waals surface area contributed by atoms with Gasteiger partial charge in [0.25, 0.3) is 0 Å². The molecule has 0 radical (unpaired) electrons. The van der Waals surface area contributed by atoms with Gasteiger partial charge >= 0.3 is 5.97 Å². The molecule has 15 heavy (non-hydrogen) atoms. The number of para-hydroxylation sites is 2. The number of hydrogen-bond donors (Lipinski definition) is 0. The molecule has 0 bridgehead atoms. The molecule has 0 saturated heterocycles. The van der Waals surface area contributed by atoms with Crippen LogP contribution in [0.3, 0.4) is 0 Å². The third-order valence-corrected chi connectivity index (χ3v) is 1.73. The van der Waals surface area contributed by atoms with Gasteiger partial charge in [-0.25, -0.2) is 0 Å². The van der Waals surface area contributed by atoms with Crippen LogP contribution < -0.4 is 9.47 Å². The Kier molecular flexibility index (Phi) is 4.17. The lowest BCUT2D eigenvalue weighted by Crippen LogP contribution is -2.07. The minimum atomic E-state index is -0.430. The molecule has 0 aliphatic carbocycles. The number of ether oxygens (including phenoxy) is 2. The van der Waals surface area contributed by atoms with E-state index in [9.17, 15) is 4.79 Å². The van der Waals surface area contributed by atoms with Gasteiger partial charge < -0.3 is 9.47 Å². The second-order valence-corrected chi connectivity index (χ2v) is 2.78. The van der Waals surface area contributed by atoms with Crippen molar-refractivity contribution in [2.75, 3.05) is 7.11 Å². The first-order valence-corrected chi connectivity index (χ1v) is 4.48. The van der Waals surface area contributed by atoms with Gasteiger partial charge in [-0.05, 0) is 12.1 Å². The summed E-state index contributed by atoms with van der Waals surface area (Å²) in [5, 5.41) is 8.30. The van der Waals surface area contributed by atoms with Gasteiger partial charge in [0.05, 0.1) is 19.6 Å². The van der Waals surface area contributed by atoms with Gasteiger partial charge in [0, 0.05) is 6.42 Å². The zero-order valence-corrected chi connectivity index (χ0v) is 8.40. The van der Waals surface area contributed by atoms with Gasteiger partial charge in [-0.15, -0.1) is 0 Å². The molecule has 0 atom stereocenters. The maximum Gasteiger partial charge on any atom is 0.312 e. The van der Waals surface area contributed by atoms with Crippen LogP contribution in [-0.4, -0.2) is 13.1 Å². The Hall–Kier alpha value is -2.02. The molecule has 0 saturated carbocycles. The topological polar surface area (TPSA) is 59.3 Å². The molecule has 4 nitrogen and oxygen atoms in total. The van der Waals surface area contributed by atoms with Crippen molar-refractivity contribution in [2.24, 2.45) is 0 Å². The molecule has 0 N–H and O–H groups in total. The summed E-state index contributed by atoms with van der Waals surface area (Å²) >= 11 is 0. The summed E-state index contributed by atoms with van der Waals surface area (Å²) in [4.78, 5) is 11.2. The van der Waals surface area contributed by atoms with Gasteiger partial charge in [0.1, 0.15) is 0 Å². The second-order valence-electron chi connectivity index (χ2n) is 2.78. The first kappa shape index (κ1) is 11.1. The first-order valence-electron chi connectivity index (χ1n) is 4.48. The molecule has 0 aromatic heterocycles. The molecule has 1 rings (SSSR count).